The summed E-state index contributed by atoms with van der Waals surface area (Å²) in [5, 5.41) is 0. The minimum absolute atomic E-state index is 0.120. The number of carbonyl (C=O) groups is 1. The molecule has 76 valence electrons. The molecule has 0 unspecified atom stereocenters. The number of ketones is 1. The third-order valence-electron chi connectivity index (χ3n) is 3.75. The minimum Gasteiger partial charge on any atom is -0.295 e. The molecule has 0 saturated heterocycles. The van der Waals surface area contributed by atoms with Gasteiger partial charge in [0.25, 0.3) is 0 Å². The van der Waals surface area contributed by atoms with Crippen molar-refractivity contribution >= 4 is 5.78 Å². The van der Waals surface area contributed by atoms with Gasteiger partial charge < -0.3 is 0 Å². The van der Waals surface area contributed by atoms with E-state index in [-0.39, 0.29) is 5.41 Å². The van der Waals surface area contributed by atoms with Crippen molar-refractivity contribution in [3.63, 3.8) is 0 Å². The fraction of sp³-hybridized carbons (Fsp3) is 0.615. The fourth-order valence-electron chi connectivity index (χ4n) is 3.03. The number of fused-ring (bicyclic) bond motifs is 1. The largest absolute Gasteiger partial charge is 0.295 e. The molecule has 0 aromatic heterocycles. The molecule has 0 radical (unpaired) electrons. The first-order valence-electron chi connectivity index (χ1n) is 5.43. The van der Waals surface area contributed by atoms with Gasteiger partial charge in [0.1, 0.15) is 0 Å². The molecule has 0 amide bonds. The van der Waals surface area contributed by atoms with Gasteiger partial charge in [-0.15, -0.1) is 0 Å². The normalized spacial score (nSPS) is 33.3. The Bertz CT molecular complexity index is 335. The molecule has 14 heavy (non-hydrogen) atoms. The Morgan fingerprint density at radius 2 is 2.00 bits per heavy atom. The Kier molecular flexibility index (Phi) is 2.13. The lowest BCUT2D eigenvalue weighted by Gasteiger charge is -2.25. The van der Waals surface area contributed by atoms with Gasteiger partial charge in [0, 0.05) is 6.42 Å². The maximum Gasteiger partial charge on any atom is 0.159 e. The Hall–Kier alpha value is -0.850. The van der Waals surface area contributed by atoms with Crippen LogP contribution in [0.3, 0.4) is 0 Å². The topological polar surface area (TPSA) is 17.1 Å². The lowest BCUT2D eigenvalue weighted by molar-refractivity contribution is -0.115. The van der Waals surface area contributed by atoms with E-state index in [9.17, 15) is 4.79 Å². The average Bonchev–Trinajstić information content (AvgIpc) is 2.24. The predicted octanol–water partition coefficient (Wildman–Crippen LogP) is 3.41. The molecule has 1 heteroatoms. The van der Waals surface area contributed by atoms with Crippen LogP contribution in [0.15, 0.2) is 23.3 Å². The van der Waals surface area contributed by atoms with E-state index in [1.165, 1.54) is 17.6 Å². The molecule has 0 bridgehead atoms. The van der Waals surface area contributed by atoms with Gasteiger partial charge >= 0.3 is 0 Å². The zero-order valence-electron chi connectivity index (χ0n) is 9.15. The third-order valence-corrected chi connectivity index (χ3v) is 3.75. The van der Waals surface area contributed by atoms with Gasteiger partial charge in [-0.1, -0.05) is 24.6 Å². The highest BCUT2D eigenvalue weighted by molar-refractivity contribution is 5.99. The summed E-state index contributed by atoms with van der Waals surface area (Å²) in [6.45, 7) is 8.32. The van der Waals surface area contributed by atoms with Gasteiger partial charge in [0.15, 0.2) is 5.78 Å². The van der Waals surface area contributed by atoms with Crippen molar-refractivity contribution in [2.75, 3.05) is 0 Å². The molecule has 1 atom stereocenters. The molecule has 0 aromatic rings. The molecule has 1 nitrogen and oxygen atoms in total. The Balaban J connectivity index is 2.41. The number of hydrogen-bond donors (Lipinski definition) is 0. The minimum atomic E-state index is 0.120. The van der Waals surface area contributed by atoms with Crippen LogP contribution in [0.5, 0.6) is 0 Å². The highest BCUT2D eigenvalue weighted by Crippen LogP contribution is 2.49. The van der Waals surface area contributed by atoms with E-state index in [1.807, 2.05) is 6.92 Å². The molecule has 2 aliphatic carbocycles. The van der Waals surface area contributed by atoms with E-state index in [1.54, 1.807) is 0 Å². The second kappa shape index (κ2) is 3.08. The van der Waals surface area contributed by atoms with Crippen molar-refractivity contribution in [1.82, 2.24) is 0 Å². The van der Waals surface area contributed by atoms with Gasteiger partial charge in [-0.2, -0.15) is 0 Å². The number of carbonyl (C=O) groups excluding carboxylic acids is 1. The maximum atomic E-state index is 11.7. The van der Waals surface area contributed by atoms with Crippen LogP contribution in [-0.4, -0.2) is 5.78 Å². The first kappa shape index (κ1) is 9.70. The molecule has 1 fully saturated rings. The molecular formula is C13H18O. The third kappa shape index (κ3) is 1.35. The van der Waals surface area contributed by atoms with Crippen molar-refractivity contribution in [2.45, 2.75) is 46.0 Å². The van der Waals surface area contributed by atoms with Crippen LogP contribution < -0.4 is 0 Å². The van der Waals surface area contributed by atoms with Crippen molar-refractivity contribution in [3.8, 4) is 0 Å². The highest BCUT2D eigenvalue weighted by atomic mass is 16.1. The average molecular weight is 190 g/mol. The van der Waals surface area contributed by atoms with Gasteiger partial charge in [-0.3, -0.25) is 4.79 Å². The van der Waals surface area contributed by atoms with Crippen LogP contribution in [-0.2, 0) is 4.79 Å². The molecule has 0 heterocycles. The van der Waals surface area contributed by atoms with Crippen LogP contribution in [0.4, 0.5) is 0 Å². The van der Waals surface area contributed by atoms with Crippen molar-refractivity contribution in [1.29, 1.82) is 0 Å². The second-order valence-electron chi connectivity index (χ2n) is 5.04. The zero-order chi connectivity index (χ0) is 10.3. The Labute approximate surface area is 85.9 Å². The monoisotopic (exact) mass is 190 g/mol. The SMILES string of the molecule is C=C1CCCC2=C(C)C(=O)C[C@@]2(C)C1. The number of Topliss-reactive ketones (excluding diaryl/α,β-unsaturated/α-hetero) is 1. The number of rotatable bonds is 0. The predicted molar refractivity (Wildman–Crippen MR) is 58.0 cm³/mol. The summed E-state index contributed by atoms with van der Waals surface area (Å²) in [7, 11) is 0. The summed E-state index contributed by atoms with van der Waals surface area (Å²) in [5.74, 6) is 0.359. The molecule has 2 rings (SSSR count). The standard InChI is InChI=1S/C13H18O/c1-9-5-4-6-11-10(2)12(14)8-13(11,3)7-9/h1,4-8H2,2-3H3/t13-/m1/s1. The summed E-state index contributed by atoms with van der Waals surface area (Å²) >= 11 is 0. The van der Waals surface area contributed by atoms with Crippen LogP contribution in [0.25, 0.3) is 0 Å². The quantitative estimate of drug-likeness (QED) is 0.535. The molecule has 2 aliphatic rings. The van der Waals surface area contributed by atoms with E-state index in [0.717, 1.165) is 24.8 Å². The lowest BCUT2D eigenvalue weighted by Crippen LogP contribution is -2.15. The molecule has 0 aromatic carbocycles. The van der Waals surface area contributed by atoms with E-state index in [4.69, 9.17) is 0 Å². The van der Waals surface area contributed by atoms with Crippen molar-refractivity contribution < 1.29 is 4.79 Å². The van der Waals surface area contributed by atoms with Gasteiger partial charge in [0.05, 0.1) is 0 Å². The molecule has 0 aliphatic heterocycles. The lowest BCUT2D eigenvalue weighted by atomic mass is 9.78. The van der Waals surface area contributed by atoms with Crippen molar-refractivity contribution in [3.05, 3.63) is 23.3 Å². The van der Waals surface area contributed by atoms with Gasteiger partial charge in [-0.25, -0.2) is 0 Å². The Morgan fingerprint density at radius 3 is 2.71 bits per heavy atom. The zero-order valence-corrected chi connectivity index (χ0v) is 9.15. The summed E-state index contributed by atoms with van der Waals surface area (Å²) < 4.78 is 0. The first-order valence-corrected chi connectivity index (χ1v) is 5.43. The van der Waals surface area contributed by atoms with E-state index in [2.05, 4.69) is 13.5 Å². The van der Waals surface area contributed by atoms with Crippen LogP contribution in [0, 0.1) is 5.41 Å². The first-order chi connectivity index (χ1) is 6.53. The maximum absolute atomic E-state index is 11.7. The Morgan fingerprint density at radius 1 is 1.29 bits per heavy atom. The van der Waals surface area contributed by atoms with Crippen LogP contribution in [0.2, 0.25) is 0 Å². The molecular weight excluding hydrogens is 172 g/mol. The summed E-state index contributed by atoms with van der Waals surface area (Å²) in [6, 6.07) is 0. The second-order valence-corrected chi connectivity index (χ2v) is 5.04. The van der Waals surface area contributed by atoms with Crippen LogP contribution >= 0.6 is 0 Å². The summed E-state index contributed by atoms with van der Waals surface area (Å²) in [6.07, 6.45) is 5.15. The summed E-state index contributed by atoms with van der Waals surface area (Å²) in [5.41, 5.74) is 3.91. The molecule has 0 spiro atoms. The smallest absolute Gasteiger partial charge is 0.159 e. The summed E-state index contributed by atoms with van der Waals surface area (Å²) in [4.78, 5) is 11.7. The van der Waals surface area contributed by atoms with Gasteiger partial charge in [-0.05, 0) is 43.6 Å². The molecule has 1 saturated carbocycles. The highest BCUT2D eigenvalue weighted by Gasteiger charge is 2.40. The van der Waals surface area contributed by atoms with Gasteiger partial charge in [0.2, 0.25) is 0 Å². The van der Waals surface area contributed by atoms with E-state index in [0.29, 0.717) is 12.2 Å². The van der Waals surface area contributed by atoms with E-state index < -0.39 is 0 Å². The van der Waals surface area contributed by atoms with Crippen LogP contribution in [0.1, 0.15) is 46.0 Å². The number of allylic oxidation sites excluding steroid dienone is 3. The van der Waals surface area contributed by atoms with E-state index >= 15 is 0 Å². The fourth-order valence-corrected chi connectivity index (χ4v) is 3.03. The number of hydrogen-bond acceptors (Lipinski definition) is 1. The van der Waals surface area contributed by atoms with Crippen molar-refractivity contribution in [2.24, 2.45) is 5.41 Å². The molecule has 0 N–H and O–H groups in total.